The summed E-state index contributed by atoms with van der Waals surface area (Å²) in [5, 5.41) is 12.2. The van der Waals surface area contributed by atoms with Crippen molar-refractivity contribution < 1.29 is 0 Å². The molecule has 4 heteroatoms. The van der Waals surface area contributed by atoms with Crippen molar-refractivity contribution in [3.63, 3.8) is 0 Å². The lowest BCUT2D eigenvalue weighted by atomic mass is 9.99. The molecular weight excluding hydrogens is 296 g/mol. The van der Waals surface area contributed by atoms with Crippen LogP contribution in [-0.2, 0) is 13.1 Å². The maximum Gasteiger partial charge on any atom is 0.126 e. The van der Waals surface area contributed by atoms with Gasteiger partial charge in [-0.05, 0) is 48.6 Å². The number of hydrogen-bond donors (Lipinski definition) is 1. The molecule has 0 amide bonds. The highest BCUT2D eigenvalue weighted by Gasteiger charge is 2.17. The van der Waals surface area contributed by atoms with E-state index in [1.165, 1.54) is 37.1 Å². The summed E-state index contributed by atoms with van der Waals surface area (Å²) in [7, 11) is 0. The molecule has 1 saturated heterocycles. The summed E-state index contributed by atoms with van der Waals surface area (Å²) in [5.41, 5.74) is 3.27. The lowest BCUT2D eigenvalue weighted by Gasteiger charge is -2.31. The Kier molecular flexibility index (Phi) is 5.45. The van der Waals surface area contributed by atoms with Crippen molar-refractivity contribution in [2.24, 2.45) is 5.92 Å². The number of nitriles is 1. The normalized spacial score (nSPS) is 18.1. The van der Waals surface area contributed by atoms with E-state index in [0.717, 1.165) is 24.8 Å². The molecule has 0 saturated carbocycles. The fourth-order valence-corrected chi connectivity index (χ4v) is 3.31. The Balaban J connectivity index is 1.64. The number of piperidine rings is 1. The molecule has 0 unspecified atom stereocenters. The number of pyridine rings is 1. The first kappa shape index (κ1) is 16.5. The molecule has 1 aromatic heterocycles. The zero-order chi connectivity index (χ0) is 16.8. The topological polar surface area (TPSA) is 52.0 Å². The highest BCUT2D eigenvalue weighted by atomic mass is 15.1. The van der Waals surface area contributed by atoms with Gasteiger partial charge in [-0.3, -0.25) is 4.90 Å². The predicted octanol–water partition coefficient (Wildman–Crippen LogP) is 3.80. The zero-order valence-corrected chi connectivity index (χ0v) is 14.2. The van der Waals surface area contributed by atoms with Crippen molar-refractivity contribution in [2.45, 2.75) is 32.9 Å². The van der Waals surface area contributed by atoms with E-state index < -0.39 is 0 Å². The molecule has 1 aromatic carbocycles. The Hall–Kier alpha value is -2.38. The van der Waals surface area contributed by atoms with Crippen molar-refractivity contribution in [1.82, 2.24) is 9.88 Å². The van der Waals surface area contributed by atoms with E-state index in [2.05, 4.69) is 52.5 Å². The Morgan fingerprint density at radius 1 is 1.25 bits per heavy atom. The van der Waals surface area contributed by atoms with Gasteiger partial charge < -0.3 is 5.32 Å². The maximum atomic E-state index is 8.83. The molecule has 2 heterocycles. The molecule has 0 spiro atoms. The molecule has 2 aromatic rings. The second kappa shape index (κ2) is 7.94. The van der Waals surface area contributed by atoms with E-state index >= 15 is 0 Å². The fraction of sp³-hybridized carbons (Fsp3) is 0.400. The van der Waals surface area contributed by atoms with Crippen LogP contribution in [0.4, 0.5) is 5.82 Å². The van der Waals surface area contributed by atoms with Crippen molar-refractivity contribution in [2.75, 3.05) is 18.4 Å². The first-order valence-corrected chi connectivity index (χ1v) is 8.64. The number of likely N-dealkylation sites (tertiary alicyclic amines) is 1. The van der Waals surface area contributed by atoms with Gasteiger partial charge in [0.05, 0.1) is 5.56 Å². The zero-order valence-electron chi connectivity index (χ0n) is 14.2. The van der Waals surface area contributed by atoms with E-state index in [4.69, 9.17) is 5.26 Å². The second-order valence-electron chi connectivity index (χ2n) is 6.65. The van der Waals surface area contributed by atoms with Crippen LogP contribution in [0, 0.1) is 17.2 Å². The van der Waals surface area contributed by atoms with E-state index in [-0.39, 0.29) is 0 Å². The van der Waals surface area contributed by atoms with E-state index in [1.807, 2.05) is 6.07 Å². The van der Waals surface area contributed by atoms with E-state index in [9.17, 15) is 0 Å². The molecule has 1 aliphatic heterocycles. The van der Waals surface area contributed by atoms with Crippen LogP contribution in [0.15, 0.2) is 42.6 Å². The monoisotopic (exact) mass is 320 g/mol. The Bertz CT molecular complexity index is 702. The van der Waals surface area contributed by atoms with Crippen LogP contribution < -0.4 is 5.32 Å². The van der Waals surface area contributed by atoms with Crippen molar-refractivity contribution >= 4 is 5.82 Å². The van der Waals surface area contributed by atoms with Crippen LogP contribution in [0.5, 0.6) is 0 Å². The molecule has 1 atom stereocenters. The fourth-order valence-electron chi connectivity index (χ4n) is 3.31. The lowest BCUT2D eigenvalue weighted by molar-refractivity contribution is 0.176. The maximum absolute atomic E-state index is 8.83. The average Bonchev–Trinajstić information content (AvgIpc) is 2.61. The Morgan fingerprint density at radius 2 is 2.08 bits per heavy atom. The summed E-state index contributed by atoms with van der Waals surface area (Å²) in [5.74, 6) is 1.60. The van der Waals surface area contributed by atoms with Gasteiger partial charge in [-0.1, -0.05) is 31.2 Å². The molecule has 1 fully saturated rings. The smallest absolute Gasteiger partial charge is 0.126 e. The average molecular weight is 320 g/mol. The minimum Gasteiger partial charge on any atom is -0.366 e. The summed E-state index contributed by atoms with van der Waals surface area (Å²) in [6.45, 7) is 6.50. The predicted molar refractivity (Wildman–Crippen MR) is 96.4 cm³/mol. The third kappa shape index (κ3) is 4.33. The van der Waals surface area contributed by atoms with Gasteiger partial charge in [0.2, 0.25) is 0 Å². The highest BCUT2D eigenvalue weighted by molar-refractivity contribution is 5.40. The number of rotatable bonds is 5. The minimum atomic E-state index is 0.583. The van der Waals surface area contributed by atoms with Crippen LogP contribution in [0.1, 0.15) is 36.5 Å². The molecular formula is C20H24N4. The van der Waals surface area contributed by atoms with Gasteiger partial charge in [-0.15, -0.1) is 0 Å². The van der Waals surface area contributed by atoms with Gasteiger partial charge in [0.15, 0.2) is 0 Å². The second-order valence-corrected chi connectivity index (χ2v) is 6.65. The van der Waals surface area contributed by atoms with Gasteiger partial charge in [0.25, 0.3) is 0 Å². The largest absolute Gasteiger partial charge is 0.366 e. The molecule has 0 bridgehead atoms. The van der Waals surface area contributed by atoms with Gasteiger partial charge in [-0.2, -0.15) is 5.26 Å². The van der Waals surface area contributed by atoms with Crippen molar-refractivity contribution in [1.29, 1.82) is 5.26 Å². The molecule has 0 radical (unpaired) electrons. The quantitative estimate of drug-likeness (QED) is 0.910. The van der Waals surface area contributed by atoms with Crippen LogP contribution in [0.25, 0.3) is 0 Å². The van der Waals surface area contributed by atoms with Crippen LogP contribution >= 0.6 is 0 Å². The molecule has 3 rings (SSSR count). The van der Waals surface area contributed by atoms with Gasteiger partial charge >= 0.3 is 0 Å². The van der Waals surface area contributed by atoms with Crippen LogP contribution in [0.3, 0.4) is 0 Å². The molecule has 4 nitrogen and oxygen atoms in total. The van der Waals surface area contributed by atoms with Gasteiger partial charge in [-0.25, -0.2) is 4.98 Å². The number of benzene rings is 1. The van der Waals surface area contributed by atoms with Gasteiger partial charge in [0.1, 0.15) is 11.9 Å². The first-order chi connectivity index (χ1) is 11.7. The van der Waals surface area contributed by atoms with Crippen LogP contribution in [-0.4, -0.2) is 23.0 Å². The van der Waals surface area contributed by atoms with Gasteiger partial charge in [0, 0.05) is 25.8 Å². The Morgan fingerprint density at radius 3 is 2.79 bits per heavy atom. The summed E-state index contributed by atoms with van der Waals surface area (Å²) in [6.07, 6.45) is 4.25. The third-order valence-electron chi connectivity index (χ3n) is 4.61. The number of aromatic nitrogens is 1. The SMILES string of the molecule is C[C@@H]1CCCN(Cc2ccccc2CNc2ccc(C#N)cn2)C1. The standard InChI is InChI=1S/C20H24N4/c1-16-5-4-10-24(14-16)15-19-7-3-2-6-18(19)13-23-20-9-8-17(11-21)12-22-20/h2-3,6-9,12,16H,4-5,10,13-15H2,1H3,(H,22,23)/t16-/m1/s1. The minimum absolute atomic E-state index is 0.583. The number of hydrogen-bond acceptors (Lipinski definition) is 4. The highest BCUT2D eigenvalue weighted by Crippen LogP contribution is 2.20. The van der Waals surface area contributed by atoms with Crippen LogP contribution in [0.2, 0.25) is 0 Å². The summed E-state index contributed by atoms with van der Waals surface area (Å²) >= 11 is 0. The van der Waals surface area contributed by atoms with E-state index in [1.54, 1.807) is 12.3 Å². The molecule has 0 aliphatic carbocycles. The molecule has 1 aliphatic rings. The van der Waals surface area contributed by atoms with Crippen molar-refractivity contribution in [3.05, 3.63) is 59.3 Å². The first-order valence-electron chi connectivity index (χ1n) is 8.64. The number of nitrogens with zero attached hydrogens (tertiary/aromatic N) is 3. The Labute approximate surface area is 144 Å². The summed E-state index contributed by atoms with van der Waals surface area (Å²) in [4.78, 5) is 6.84. The number of anilines is 1. The lowest BCUT2D eigenvalue weighted by Crippen LogP contribution is -2.34. The summed E-state index contributed by atoms with van der Waals surface area (Å²) in [6, 6.07) is 14.3. The molecule has 1 N–H and O–H groups in total. The summed E-state index contributed by atoms with van der Waals surface area (Å²) < 4.78 is 0. The van der Waals surface area contributed by atoms with E-state index in [0.29, 0.717) is 5.56 Å². The van der Waals surface area contributed by atoms with Crippen molar-refractivity contribution in [3.8, 4) is 6.07 Å². The molecule has 124 valence electrons. The number of nitrogens with one attached hydrogen (secondary N) is 1. The molecule has 24 heavy (non-hydrogen) atoms. The third-order valence-corrected chi connectivity index (χ3v) is 4.61.